The quantitative estimate of drug-likeness (QED) is 0.707. The highest BCUT2D eigenvalue weighted by Gasteiger charge is 2.24. The van der Waals surface area contributed by atoms with Crippen LogP contribution in [0.15, 0.2) is 35.6 Å². The van der Waals surface area contributed by atoms with Gasteiger partial charge in [-0.2, -0.15) is 5.10 Å². The van der Waals surface area contributed by atoms with Crippen LogP contribution in [0, 0.1) is 0 Å². The molecule has 0 spiro atoms. The number of H-pyrrole nitrogens is 1. The van der Waals surface area contributed by atoms with Crippen molar-refractivity contribution in [2.75, 3.05) is 11.4 Å². The normalized spacial score (nSPS) is 14.9. The largest absolute Gasteiger partial charge is 0.387 e. The van der Waals surface area contributed by atoms with E-state index in [2.05, 4.69) is 24.7 Å². The molecule has 27 heavy (non-hydrogen) atoms. The summed E-state index contributed by atoms with van der Waals surface area (Å²) < 4.78 is 2.09. The molecular weight excluding hydrogens is 368 g/mol. The van der Waals surface area contributed by atoms with Gasteiger partial charge in [0.15, 0.2) is 0 Å². The van der Waals surface area contributed by atoms with Crippen molar-refractivity contribution >= 4 is 17.3 Å². The molecule has 1 aliphatic rings. The lowest BCUT2D eigenvalue weighted by atomic mass is 10.1. The number of hydrogen-bond acceptors (Lipinski definition) is 6. The molecule has 140 valence electrons. The Morgan fingerprint density at radius 2 is 2.26 bits per heavy atom. The first-order valence-electron chi connectivity index (χ1n) is 8.67. The lowest BCUT2D eigenvalue weighted by Gasteiger charge is -2.29. The number of aromatic amines is 1. The second-order valence-electron chi connectivity index (χ2n) is 6.56. The van der Waals surface area contributed by atoms with Gasteiger partial charge >= 0.3 is 0 Å². The van der Waals surface area contributed by atoms with Crippen LogP contribution in [0.4, 0.5) is 5.69 Å². The number of pyridine rings is 1. The Labute approximate surface area is 160 Å². The number of aromatic nitrogens is 5. The smallest absolute Gasteiger partial charge is 0.285 e. The average Bonchev–Trinajstić information content (AvgIpc) is 3.06. The van der Waals surface area contributed by atoms with Crippen LogP contribution in [0.3, 0.4) is 0 Å². The van der Waals surface area contributed by atoms with E-state index in [-0.39, 0.29) is 5.02 Å². The minimum atomic E-state index is -0.623. The van der Waals surface area contributed by atoms with E-state index in [0.29, 0.717) is 31.0 Å². The first-order chi connectivity index (χ1) is 13.0. The van der Waals surface area contributed by atoms with E-state index in [1.165, 1.54) is 0 Å². The van der Waals surface area contributed by atoms with Gasteiger partial charge in [0, 0.05) is 24.9 Å². The van der Waals surface area contributed by atoms with E-state index in [4.69, 9.17) is 11.6 Å². The Kier molecular flexibility index (Phi) is 4.67. The minimum absolute atomic E-state index is 0.143. The first-order valence-corrected chi connectivity index (χ1v) is 9.05. The van der Waals surface area contributed by atoms with Crippen molar-refractivity contribution in [3.8, 4) is 0 Å². The maximum absolute atomic E-state index is 11.7. The van der Waals surface area contributed by atoms with Crippen LogP contribution in [-0.4, -0.2) is 36.4 Å². The van der Waals surface area contributed by atoms with Crippen LogP contribution < -0.4 is 10.5 Å². The van der Waals surface area contributed by atoms with Gasteiger partial charge in [0.2, 0.25) is 0 Å². The molecule has 4 heterocycles. The zero-order valence-electron chi connectivity index (χ0n) is 14.8. The SMILES string of the molecule is C[C@@H](O)c1ncccc1Cn1cnc2c1CCN(c1cn[nH]c(=O)c1Cl)C2. The van der Waals surface area contributed by atoms with Gasteiger partial charge in [-0.15, -0.1) is 0 Å². The molecule has 9 heteroatoms. The molecule has 3 aromatic rings. The molecule has 0 bridgehead atoms. The van der Waals surface area contributed by atoms with Gasteiger partial charge in [-0.1, -0.05) is 17.7 Å². The standard InChI is InChI=1S/C18H19ClN6O2/c1-11(26)17-12(3-2-5-20-17)8-25-10-21-13-9-24(6-4-14(13)25)15-7-22-23-18(27)16(15)19/h2-3,5,7,10-11,26H,4,6,8-9H2,1H3,(H,23,27)/t11-/m1/s1. The van der Waals surface area contributed by atoms with Gasteiger partial charge in [-0.3, -0.25) is 9.78 Å². The van der Waals surface area contributed by atoms with Gasteiger partial charge < -0.3 is 14.6 Å². The topological polar surface area (TPSA) is 99.9 Å². The van der Waals surface area contributed by atoms with Gasteiger partial charge in [0.25, 0.3) is 5.56 Å². The highest BCUT2D eigenvalue weighted by Crippen LogP contribution is 2.27. The molecule has 0 amide bonds. The Morgan fingerprint density at radius 3 is 3.07 bits per heavy atom. The Bertz CT molecular complexity index is 1030. The van der Waals surface area contributed by atoms with Crippen LogP contribution in [-0.2, 0) is 19.5 Å². The van der Waals surface area contributed by atoms with Crippen molar-refractivity contribution in [2.45, 2.75) is 32.5 Å². The van der Waals surface area contributed by atoms with Crippen molar-refractivity contribution < 1.29 is 5.11 Å². The number of aliphatic hydroxyl groups excluding tert-OH is 1. The summed E-state index contributed by atoms with van der Waals surface area (Å²) in [6, 6.07) is 3.84. The zero-order chi connectivity index (χ0) is 19.0. The third kappa shape index (κ3) is 3.33. The molecule has 4 rings (SSSR count). The van der Waals surface area contributed by atoms with Crippen molar-refractivity contribution in [2.24, 2.45) is 0 Å². The van der Waals surface area contributed by atoms with Crippen LogP contribution >= 0.6 is 11.6 Å². The second-order valence-corrected chi connectivity index (χ2v) is 6.94. The zero-order valence-corrected chi connectivity index (χ0v) is 15.5. The highest BCUT2D eigenvalue weighted by molar-refractivity contribution is 6.32. The fraction of sp³-hybridized carbons (Fsp3) is 0.333. The first kappa shape index (κ1) is 17.7. The average molecular weight is 387 g/mol. The van der Waals surface area contributed by atoms with E-state index >= 15 is 0 Å². The molecule has 0 radical (unpaired) electrons. The molecule has 1 atom stereocenters. The molecule has 0 aromatic carbocycles. The summed E-state index contributed by atoms with van der Waals surface area (Å²) in [6.07, 6.45) is 5.21. The predicted molar refractivity (Wildman–Crippen MR) is 101 cm³/mol. The molecule has 0 saturated carbocycles. The van der Waals surface area contributed by atoms with Gasteiger partial charge in [0.1, 0.15) is 5.02 Å². The van der Waals surface area contributed by atoms with Gasteiger partial charge in [0.05, 0.1) is 48.8 Å². The molecule has 0 unspecified atom stereocenters. The van der Waals surface area contributed by atoms with Crippen molar-refractivity contribution in [1.29, 1.82) is 0 Å². The number of nitrogens with one attached hydrogen (secondary N) is 1. The molecule has 1 aliphatic heterocycles. The lowest BCUT2D eigenvalue weighted by molar-refractivity contribution is 0.193. The number of aliphatic hydroxyl groups is 1. The van der Waals surface area contributed by atoms with Crippen molar-refractivity contribution in [3.05, 3.63) is 68.9 Å². The molecule has 0 fully saturated rings. The number of anilines is 1. The molecule has 0 aliphatic carbocycles. The number of nitrogens with zero attached hydrogens (tertiary/aromatic N) is 5. The number of fused-ring (bicyclic) bond motifs is 1. The predicted octanol–water partition coefficient (Wildman–Crippen LogP) is 1.68. The summed E-state index contributed by atoms with van der Waals surface area (Å²) in [6.45, 7) is 3.58. The van der Waals surface area contributed by atoms with Gasteiger partial charge in [-0.05, 0) is 18.6 Å². The van der Waals surface area contributed by atoms with Crippen LogP contribution in [0.1, 0.15) is 35.7 Å². The number of hydrogen-bond donors (Lipinski definition) is 2. The van der Waals surface area contributed by atoms with Crippen molar-refractivity contribution in [1.82, 2.24) is 24.7 Å². The summed E-state index contributed by atoms with van der Waals surface area (Å²) in [4.78, 5) is 22.5. The van der Waals surface area contributed by atoms with Crippen LogP contribution in [0.2, 0.25) is 5.02 Å². The van der Waals surface area contributed by atoms with Crippen LogP contribution in [0.25, 0.3) is 0 Å². The maximum atomic E-state index is 11.7. The fourth-order valence-electron chi connectivity index (χ4n) is 3.45. The third-order valence-corrected chi connectivity index (χ3v) is 5.14. The Balaban J connectivity index is 1.59. The maximum Gasteiger partial charge on any atom is 0.285 e. The summed E-state index contributed by atoms with van der Waals surface area (Å²) in [5.74, 6) is 0. The summed E-state index contributed by atoms with van der Waals surface area (Å²) in [5.41, 5.74) is 3.95. The molecule has 2 N–H and O–H groups in total. The molecule has 3 aromatic heterocycles. The third-order valence-electron chi connectivity index (χ3n) is 4.77. The summed E-state index contributed by atoms with van der Waals surface area (Å²) >= 11 is 6.13. The summed E-state index contributed by atoms with van der Waals surface area (Å²) in [7, 11) is 0. The second kappa shape index (κ2) is 7.13. The summed E-state index contributed by atoms with van der Waals surface area (Å²) in [5, 5.41) is 16.3. The fourth-order valence-corrected chi connectivity index (χ4v) is 3.66. The lowest BCUT2D eigenvalue weighted by Crippen LogP contribution is -2.32. The monoisotopic (exact) mass is 386 g/mol. The van der Waals surface area contributed by atoms with E-state index < -0.39 is 11.7 Å². The van der Waals surface area contributed by atoms with E-state index in [9.17, 15) is 9.90 Å². The van der Waals surface area contributed by atoms with Crippen molar-refractivity contribution in [3.63, 3.8) is 0 Å². The van der Waals surface area contributed by atoms with E-state index in [0.717, 1.165) is 23.4 Å². The van der Waals surface area contributed by atoms with Crippen LogP contribution in [0.5, 0.6) is 0 Å². The Morgan fingerprint density at radius 1 is 1.41 bits per heavy atom. The Hall–Kier alpha value is -2.71. The number of imidazole rings is 1. The van der Waals surface area contributed by atoms with Gasteiger partial charge in [-0.25, -0.2) is 10.1 Å². The number of halogens is 1. The molecule has 8 nitrogen and oxygen atoms in total. The molecular formula is C18H19ClN6O2. The van der Waals surface area contributed by atoms with E-state index in [1.807, 2.05) is 23.4 Å². The molecule has 0 saturated heterocycles. The van der Waals surface area contributed by atoms with E-state index in [1.54, 1.807) is 19.3 Å². The minimum Gasteiger partial charge on any atom is -0.387 e. The number of rotatable bonds is 4. The highest BCUT2D eigenvalue weighted by atomic mass is 35.5.